The molecule has 0 aromatic heterocycles. The Labute approximate surface area is 94.8 Å². The molecule has 2 atom stereocenters. The predicted octanol–water partition coefficient (Wildman–Crippen LogP) is 2.83. The van der Waals surface area contributed by atoms with Crippen molar-refractivity contribution < 1.29 is 4.74 Å². The molecule has 2 unspecified atom stereocenters. The van der Waals surface area contributed by atoms with Crippen LogP contribution in [0.1, 0.15) is 46.0 Å². The van der Waals surface area contributed by atoms with Gasteiger partial charge in [-0.05, 0) is 31.2 Å². The minimum atomic E-state index is 0.704. The van der Waals surface area contributed by atoms with Gasteiger partial charge in [0.15, 0.2) is 0 Å². The van der Waals surface area contributed by atoms with Gasteiger partial charge in [0.25, 0.3) is 0 Å². The lowest BCUT2D eigenvalue weighted by Crippen LogP contribution is -2.38. The van der Waals surface area contributed by atoms with Crippen LogP contribution in [0.15, 0.2) is 0 Å². The molecule has 0 bridgehead atoms. The van der Waals surface area contributed by atoms with Crippen molar-refractivity contribution in [3.8, 4) is 0 Å². The molecule has 1 fully saturated rings. The van der Waals surface area contributed by atoms with Crippen molar-refractivity contribution in [2.75, 3.05) is 20.3 Å². The summed E-state index contributed by atoms with van der Waals surface area (Å²) in [7, 11) is 1.79. The Morgan fingerprint density at radius 1 is 1.40 bits per heavy atom. The molecule has 0 aromatic carbocycles. The average Bonchev–Trinajstić information content (AvgIpc) is 2.18. The van der Waals surface area contributed by atoms with Crippen molar-refractivity contribution in [3.05, 3.63) is 0 Å². The molecule has 0 aromatic rings. The molecule has 2 heteroatoms. The first-order valence-corrected chi connectivity index (χ1v) is 6.50. The van der Waals surface area contributed by atoms with E-state index < -0.39 is 0 Å². The molecule has 0 saturated heterocycles. The standard InChI is InChI=1S/C13H27NO/c1-4-14-13(10-12-6-5-7-12)11(2)8-9-15-3/h11-14H,4-10H2,1-3H3. The first-order chi connectivity index (χ1) is 7.27. The second-order valence-corrected chi connectivity index (χ2v) is 4.96. The number of nitrogens with one attached hydrogen (secondary N) is 1. The van der Waals surface area contributed by atoms with Gasteiger partial charge in [0.1, 0.15) is 0 Å². The zero-order chi connectivity index (χ0) is 11.1. The zero-order valence-corrected chi connectivity index (χ0v) is 10.6. The van der Waals surface area contributed by atoms with E-state index in [1.54, 1.807) is 7.11 Å². The van der Waals surface area contributed by atoms with E-state index in [0.29, 0.717) is 6.04 Å². The van der Waals surface area contributed by atoms with E-state index in [1.807, 2.05) is 0 Å². The van der Waals surface area contributed by atoms with Crippen molar-refractivity contribution in [1.29, 1.82) is 0 Å². The van der Waals surface area contributed by atoms with Crippen LogP contribution >= 0.6 is 0 Å². The van der Waals surface area contributed by atoms with Gasteiger partial charge in [-0.3, -0.25) is 0 Å². The third kappa shape index (κ3) is 4.52. The van der Waals surface area contributed by atoms with Crippen LogP contribution in [0, 0.1) is 11.8 Å². The Kier molecular flexibility index (Phi) is 6.26. The fraction of sp³-hybridized carbons (Fsp3) is 1.00. The van der Waals surface area contributed by atoms with E-state index in [4.69, 9.17) is 4.74 Å². The van der Waals surface area contributed by atoms with E-state index >= 15 is 0 Å². The molecule has 15 heavy (non-hydrogen) atoms. The molecular formula is C13H27NO. The van der Waals surface area contributed by atoms with E-state index in [9.17, 15) is 0 Å². The van der Waals surface area contributed by atoms with Crippen LogP contribution in [0.5, 0.6) is 0 Å². The minimum absolute atomic E-state index is 0.704. The number of ether oxygens (including phenoxy) is 1. The molecule has 1 aliphatic rings. The molecule has 0 heterocycles. The van der Waals surface area contributed by atoms with Gasteiger partial charge in [-0.15, -0.1) is 0 Å². The van der Waals surface area contributed by atoms with Crippen molar-refractivity contribution in [3.63, 3.8) is 0 Å². The van der Waals surface area contributed by atoms with E-state index in [1.165, 1.54) is 32.1 Å². The van der Waals surface area contributed by atoms with Gasteiger partial charge in [-0.25, -0.2) is 0 Å². The smallest absolute Gasteiger partial charge is 0.0465 e. The van der Waals surface area contributed by atoms with Crippen molar-refractivity contribution in [1.82, 2.24) is 5.32 Å². The van der Waals surface area contributed by atoms with Gasteiger partial charge < -0.3 is 10.1 Å². The number of methoxy groups -OCH3 is 1. The maximum atomic E-state index is 5.16. The van der Waals surface area contributed by atoms with Crippen LogP contribution in [-0.4, -0.2) is 26.3 Å². The summed E-state index contributed by atoms with van der Waals surface area (Å²) in [6.45, 7) is 6.55. The fourth-order valence-electron chi connectivity index (χ4n) is 2.37. The van der Waals surface area contributed by atoms with Gasteiger partial charge >= 0.3 is 0 Å². The van der Waals surface area contributed by atoms with Crippen molar-refractivity contribution in [2.45, 2.75) is 52.0 Å². The molecule has 0 radical (unpaired) electrons. The summed E-state index contributed by atoms with van der Waals surface area (Å²) in [5.41, 5.74) is 0. The molecule has 2 nitrogen and oxygen atoms in total. The Balaban J connectivity index is 2.26. The van der Waals surface area contributed by atoms with Gasteiger partial charge in [-0.1, -0.05) is 33.1 Å². The maximum Gasteiger partial charge on any atom is 0.0465 e. The molecule has 0 aliphatic heterocycles. The van der Waals surface area contributed by atoms with Crippen molar-refractivity contribution in [2.24, 2.45) is 11.8 Å². The zero-order valence-electron chi connectivity index (χ0n) is 10.6. The third-order valence-corrected chi connectivity index (χ3v) is 3.74. The van der Waals surface area contributed by atoms with E-state index in [0.717, 1.165) is 25.0 Å². The highest BCUT2D eigenvalue weighted by Crippen LogP contribution is 2.32. The molecule has 1 rings (SSSR count). The van der Waals surface area contributed by atoms with Crippen LogP contribution in [0.2, 0.25) is 0 Å². The van der Waals surface area contributed by atoms with Gasteiger partial charge in [-0.2, -0.15) is 0 Å². The second kappa shape index (κ2) is 7.24. The minimum Gasteiger partial charge on any atom is -0.385 e. The fourth-order valence-corrected chi connectivity index (χ4v) is 2.37. The van der Waals surface area contributed by atoms with Crippen LogP contribution in [0.25, 0.3) is 0 Å². The highest BCUT2D eigenvalue weighted by Gasteiger charge is 2.24. The molecule has 1 N–H and O–H groups in total. The molecule has 90 valence electrons. The summed E-state index contributed by atoms with van der Waals surface area (Å²) >= 11 is 0. The Hall–Kier alpha value is -0.0800. The Bertz CT molecular complexity index is 157. The summed E-state index contributed by atoms with van der Waals surface area (Å²) in [6.07, 6.45) is 6.92. The molecule has 1 saturated carbocycles. The topological polar surface area (TPSA) is 21.3 Å². The largest absolute Gasteiger partial charge is 0.385 e. The number of hydrogen-bond donors (Lipinski definition) is 1. The summed E-state index contributed by atoms with van der Waals surface area (Å²) < 4.78 is 5.16. The van der Waals surface area contributed by atoms with Crippen LogP contribution in [-0.2, 0) is 4.74 Å². The summed E-state index contributed by atoms with van der Waals surface area (Å²) in [5, 5.41) is 3.63. The molecule has 0 spiro atoms. The Morgan fingerprint density at radius 3 is 2.60 bits per heavy atom. The number of hydrogen-bond acceptors (Lipinski definition) is 2. The number of rotatable bonds is 8. The molecular weight excluding hydrogens is 186 g/mol. The average molecular weight is 213 g/mol. The lowest BCUT2D eigenvalue weighted by Gasteiger charge is -2.33. The van der Waals surface area contributed by atoms with Crippen molar-refractivity contribution >= 4 is 0 Å². The Morgan fingerprint density at radius 2 is 2.13 bits per heavy atom. The normalized spacial score (nSPS) is 21.0. The quantitative estimate of drug-likeness (QED) is 0.669. The SMILES string of the molecule is CCNC(CC1CCC1)C(C)CCOC. The first kappa shape index (κ1) is 13.0. The van der Waals surface area contributed by atoms with Crippen LogP contribution in [0.4, 0.5) is 0 Å². The summed E-state index contributed by atoms with van der Waals surface area (Å²) in [4.78, 5) is 0. The predicted molar refractivity (Wildman–Crippen MR) is 65.1 cm³/mol. The monoisotopic (exact) mass is 213 g/mol. The first-order valence-electron chi connectivity index (χ1n) is 6.50. The van der Waals surface area contributed by atoms with E-state index in [-0.39, 0.29) is 0 Å². The van der Waals surface area contributed by atoms with Crippen LogP contribution in [0.3, 0.4) is 0 Å². The highest BCUT2D eigenvalue weighted by atomic mass is 16.5. The lowest BCUT2D eigenvalue weighted by atomic mass is 9.78. The van der Waals surface area contributed by atoms with Crippen LogP contribution < -0.4 is 5.32 Å². The summed E-state index contributed by atoms with van der Waals surface area (Å²) in [6, 6.07) is 0.704. The van der Waals surface area contributed by atoms with Gasteiger partial charge in [0.05, 0.1) is 0 Å². The molecule has 1 aliphatic carbocycles. The molecule has 0 amide bonds. The highest BCUT2D eigenvalue weighted by molar-refractivity contribution is 4.80. The summed E-state index contributed by atoms with van der Waals surface area (Å²) in [5.74, 6) is 1.74. The lowest BCUT2D eigenvalue weighted by molar-refractivity contribution is 0.158. The third-order valence-electron chi connectivity index (χ3n) is 3.74. The maximum absolute atomic E-state index is 5.16. The van der Waals surface area contributed by atoms with E-state index in [2.05, 4.69) is 19.2 Å². The second-order valence-electron chi connectivity index (χ2n) is 4.96. The van der Waals surface area contributed by atoms with Gasteiger partial charge in [0, 0.05) is 19.8 Å². The van der Waals surface area contributed by atoms with Gasteiger partial charge in [0.2, 0.25) is 0 Å².